The summed E-state index contributed by atoms with van der Waals surface area (Å²) in [5.74, 6) is -0.116. The van der Waals surface area contributed by atoms with Gasteiger partial charge in [0.25, 0.3) is 6.01 Å². The highest BCUT2D eigenvalue weighted by molar-refractivity contribution is 6.36. The summed E-state index contributed by atoms with van der Waals surface area (Å²) in [5, 5.41) is 0.463. The van der Waals surface area contributed by atoms with E-state index in [-0.39, 0.29) is 36.4 Å². The van der Waals surface area contributed by atoms with E-state index in [0.717, 1.165) is 44.0 Å². The van der Waals surface area contributed by atoms with Crippen LogP contribution in [-0.2, 0) is 26.1 Å². The molecule has 2 aliphatic carbocycles. The molecule has 2 heterocycles. The lowest BCUT2D eigenvalue weighted by atomic mass is 9.94. The van der Waals surface area contributed by atoms with Crippen molar-refractivity contribution in [2.45, 2.75) is 76.6 Å². The number of rotatable bonds is 11. The van der Waals surface area contributed by atoms with Crippen LogP contribution >= 0.6 is 11.6 Å². The Hall–Kier alpha value is -2.39. The highest BCUT2D eigenvalue weighted by atomic mass is 35.5. The van der Waals surface area contributed by atoms with Crippen LogP contribution in [0.25, 0.3) is 11.0 Å². The van der Waals surface area contributed by atoms with E-state index in [2.05, 4.69) is 14.7 Å². The summed E-state index contributed by atoms with van der Waals surface area (Å²) in [6.45, 7) is 2.45. The molecular weight excluding hydrogens is 462 g/mol. The molecule has 1 atom stereocenters. The lowest BCUT2D eigenvalue weighted by Gasteiger charge is -2.29. The molecule has 0 saturated heterocycles. The molecule has 0 aromatic carbocycles. The molecule has 0 N–H and O–H groups in total. The standard InChI is InChI=1S/C24H32ClN3O6/c1-14(10-15(29)11-20(30)31-3)13-32-16-4-6-18(7-5-16)34-24-27-19-12-26-23(33-17-8-9-17)21(25)22(19)28(24)2/h12,14,16-18H,4-11,13H2,1-3H3/t14-,16?,18?/m1/s1. The van der Waals surface area contributed by atoms with Gasteiger partial charge in [0.05, 0.1) is 24.9 Å². The summed E-state index contributed by atoms with van der Waals surface area (Å²) >= 11 is 6.55. The van der Waals surface area contributed by atoms with Gasteiger partial charge in [0.2, 0.25) is 5.88 Å². The number of hydrogen-bond donors (Lipinski definition) is 0. The van der Waals surface area contributed by atoms with Crippen LogP contribution in [0.5, 0.6) is 11.9 Å². The number of carbonyl (C=O) groups excluding carboxylic acids is 2. The predicted molar refractivity (Wildman–Crippen MR) is 125 cm³/mol. The normalized spacial score (nSPS) is 21.3. The number of pyridine rings is 1. The summed E-state index contributed by atoms with van der Waals surface area (Å²) in [5.41, 5.74) is 1.44. The average molecular weight is 494 g/mol. The number of imidazole rings is 1. The van der Waals surface area contributed by atoms with Crippen molar-refractivity contribution in [3.8, 4) is 11.9 Å². The van der Waals surface area contributed by atoms with Crippen LogP contribution < -0.4 is 9.47 Å². The zero-order valence-corrected chi connectivity index (χ0v) is 20.7. The van der Waals surface area contributed by atoms with Gasteiger partial charge in [0, 0.05) is 20.1 Å². The fourth-order valence-electron chi connectivity index (χ4n) is 4.18. The van der Waals surface area contributed by atoms with Crippen LogP contribution in [0.3, 0.4) is 0 Å². The van der Waals surface area contributed by atoms with Gasteiger partial charge in [-0.2, -0.15) is 4.98 Å². The SMILES string of the molecule is COC(=O)CC(=O)C[C@@H](C)COC1CCC(Oc2nc3cnc(OC4CC4)c(Cl)c3n2C)CC1. The van der Waals surface area contributed by atoms with Crippen molar-refractivity contribution in [3.05, 3.63) is 11.2 Å². The zero-order chi connectivity index (χ0) is 24.2. The molecule has 34 heavy (non-hydrogen) atoms. The number of fused-ring (bicyclic) bond motifs is 1. The molecule has 0 aliphatic heterocycles. The Kier molecular flexibility index (Phi) is 7.93. The first-order valence-electron chi connectivity index (χ1n) is 11.9. The monoisotopic (exact) mass is 493 g/mol. The Morgan fingerprint density at radius 2 is 1.76 bits per heavy atom. The lowest BCUT2D eigenvalue weighted by Crippen LogP contribution is -2.30. The molecule has 2 fully saturated rings. The number of aryl methyl sites for hydroxylation is 1. The smallest absolute Gasteiger partial charge is 0.313 e. The molecule has 2 aromatic rings. The number of hydrogen-bond acceptors (Lipinski definition) is 8. The minimum atomic E-state index is -0.498. The topological polar surface area (TPSA) is 102 Å². The number of Topliss-reactive ketones (excluding diaryl/α,β-unsaturated/α-hetero) is 1. The van der Waals surface area contributed by atoms with Crippen LogP contribution in [0.1, 0.15) is 58.3 Å². The molecular formula is C24H32ClN3O6. The van der Waals surface area contributed by atoms with Crippen molar-refractivity contribution >= 4 is 34.4 Å². The maximum Gasteiger partial charge on any atom is 0.313 e. The van der Waals surface area contributed by atoms with Crippen LogP contribution in [0.15, 0.2) is 6.20 Å². The minimum Gasteiger partial charge on any atom is -0.473 e. The van der Waals surface area contributed by atoms with E-state index < -0.39 is 5.97 Å². The van der Waals surface area contributed by atoms with Gasteiger partial charge in [0.15, 0.2) is 0 Å². The number of ketones is 1. The van der Waals surface area contributed by atoms with E-state index in [1.165, 1.54) is 7.11 Å². The Labute approximate surface area is 204 Å². The van der Waals surface area contributed by atoms with Crippen LogP contribution in [0.2, 0.25) is 5.02 Å². The highest BCUT2D eigenvalue weighted by Gasteiger charge is 2.28. The lowest BCUT2D eigenvalue weighted by molar-refractivity contribution is -0.143. The van der Waals surface area contributed by atoms with Crippen molar-refractivity contribution in [2.75, 3.05) is 13.7 Å². The van der Waals surface area contributed by atoms with E-state index in [0.29, 0.717) is 35.5 Å². The first-order chi connectivity index (χ1) is 16.3. The predicted octanol–water partition coefficient (Wildman–Crippen LogP) is 4.03. The van der Waals surface area contributed by atoms with Gasteiger partial charge in [-0.25, -0.2) is 4.98 Å². The van der Waals surface area contributed by atoms with Gasteiger partial charge in [0.1, 0.15) is 35.0 Å². The maximum absolute atomic E-state index is 11.9. The van der Waals surface area contributed by atoms with Crippen molar-refractivity contribution in [1.29, 1.82) is 0 Å². The van der Waals surface area contributed by atoms with Gasteiger partial charge >= 0.3 is 5.97 Å². The Morgan fingerprint density at radius 3 is 2.44 bits per heavy atom. The maximum atomic E-state index is 11.9. The summed E-state index contributed by atoms with van der Waals surface area (Å²) in [6.07, 6.45) is 7.73. The molecule has 0 amide bonds. The number of methoxy groups -OCH3 is 1. The second kappa shape index (κ2) is 10.9. The fraction of sp³-hybridized carbons (Fsp3) is 0.667. The quantitative estimate of drug-likeness (QED) is 0.341. The molecule has 0 radical (unpaired) electrons. The highest BCUT2D eigenvalue weighted by Crippen LogP contribution is 2.36. The van der Waals surface area contributed by atoms with Crippen molar-refractivity contribution in [1.82, 2.24) is 14.5 Å². The zero-order valence-electron chi connectivity index (χ0n) is 19.9. The Balaban J connectivity index is 1.25. The number of carbonyl (C=O) groups is 2. The van der Waals surface area contributed by atoms with Gasteiger partial charge in [-0.15, -0.1) is 0 Å². The molecule has 2 saturated carbocycles. The number of ether oxygens (including phenoxy) is 4. The van der Waals surface area contributed by atoms with Gasteiger partial charge < -0.3 is 18.9 Å². The summed E-state index contributed by atoms with van der Waals surface area (Å²) < 4.78 is 24.4. The second-order valence-corrected chi connectivity index (χ2v) is 9.71. The van der Waals surface area contributed by atoms with Crippen molar-refractivity contribution in [3.63, 3.8) is 0 Å². The molecule has 10 heteroatoms. The molecule has 186 valence electrons. The largest absolute Gasteiger partial charge is 0.473 e. The van der Waals surface area contributed by atoms with Crippen LogP contribution in [0, 0.1) is 5.92 Å². The number of aromatic nitrogens is 3. The minimum absolute atomic E-state index is 0.0448. The number of esters is 1. The van der Waals surface area contributed by atoms with Crippen molar-refractivity contribution < 1.29 is 28.5 Å². The van der Waals surface area contributed by atoms with Gasteiger partial charge in [-0.3, -0.25) is 14.2 Å². The molecule has 9 nitrogen and oxygen atoms in total. The van der Waals surface area contributed by atoms with Crippen LogP contribution in [0.4, 0.5) is 0 Å². The van der Waals surface area contributed by atoms with E-state index in [1.54, 1.807) is 6.20 Å². The van der Waals surface area contributed by atoms with Crippen molar-refractivity contribution in [2.24, 2.45) is 13.0 Å². The average Bonchev–Trinajstić information content (AvgIpc) is 3.58. The van der Waals surface area contributed by atoms with Crippen LogP contribution in [-0.4, -0.2) is 58.3 Å². The van der Waals surface area contributed by atoms with E-state index in [9.17, 15) is 9.59 Å². The third-order valence-corrected chi connectivity index (χ3v) is 6.58. The van der Waals surface area contributed by atoms with E-state index in [1.807, 2.05) is 18.5 Å². The number of nitrogens with zero attached hydrogens (tertiary/aromatic N) is 3. The van der Waals surface area contributed by atoms with Gasteiger partial charge in [-0.1, -0.05) is 18.5 Å². The second-order valence-electron chi connectivity index (χ2n) is 9.33. The number of halogens is 1. The molecule has 2 aliphatic rings. The van der Waals surface area contributed by atoms with Gasteiger partial charge in [-0.05, 0) is 44.4 Å². The summed E-state index contributed by atoms with van der Waals surface area (Å²) in [6, 6.07) is 0.518. The molecule has 4 rings (SSSR count). The van der Waals surface area contributed by atoms with E-state index in [4.69, 9.17) is 25.8 Å². The molecule has 2 aromatic heterocycles. The summed E-state index contributed by atoms with van der Waals surface area (Å²) in [4.78, 5) is 32.0. The Bertz CT molecular complexity index is 1030. The third-order valence-electron chi connectivity index (χ3n) is 6.24. The van der Waals surface area contributed by atoms with E-state index >= 15 is 0 Å². The first-order valence-corrected chi connectivity index (χ1v) is 12.3. The molecule has 0 spiro atoms. The summed E-state index contributed by atoms with van der Waals surface area (Å²) in [7, 11) is 3.17. The third kappa shape index (κ3) is 6.18. The first kappa shape index (κ1) is 24.7. The Morgan fingerprint density at radius 1 is 1.12 bits per heavy atom. The molecule has 0 unspecified atom stereocenters. The molecule has 0 bridgehead atoms. The fourth-order valence-corrected chi connectivity index (χ4v) is 4.49.